The Bertz CT molecular complexity index is 679. The first kappa shape index (κ1) is 17.3. The van der Waals surface area contributed by atoms with E-state index in [-0.39, 0.29) is 18.0 Å². The minimum Gasteiger partial charge on any atom is -0.462 e. The summed E-state index contributed by atoms with van der Waals surface area (Å²) in [6, 6.07) is 9.06. The molecule has 0 aromatic heterocycles. The third-order valence-electron chi connectivity index (χ3n) is 3.81. The predicted molar refractivity (Wildman–Crippen MR) is 87.4 cm³/mol. The molecule has 0 atom stereocenters. The molecule has 0 spiro atoms. The molecule has 0 saturated heterocycles. The van der Waals surface area contributed by atoms with E-state index < -0.39 is 12.0 Å². The van der Waals surface area contributed by atoms with Crippen LogP contribution in [0.15, 0.2) is 35.7 Å². The van der Waals surface area contributed by atoms with E-state index in [0.29, 0.717) is 13.1 Å². The van der Waals surface area contributed by atoms with Crippen molar-refractivity contribution in [3.8, 4) is 6.07 Å². The number of nitriles is 1. The van der Waals surface area contributed by atoms with Crippen LogP contribution in [0.5, 0.6) is 0 Å². The number of hydrogen-bond donors (Lipinski definition) is 2. The van der Waals surface area contributed by atoms with Gasteiger partial charge in [0.2, 0.25) is 0 Å². The van der Waals surface area contributed by atoms with Crippen molar-refractivity contribution in [3.05, 3.63) is 46.8 Å². The van der Waals surface area contributed by atoms with Gasteiger partial charge >= 0.3 is 12.0 Å². The zero-order valence-electron chi connectivity index (χ0n) is 13.5. The largest absolute Gasteiger partial charge is 0.462 e. The molecule has 2 rings (SSSR count). The van der Waals surface area contributed by atoms with Gasteiger partial charge in [0, 0.05) is 13.1 Å². The molecule has 7 nitrogen and oxygen atoms in total. The molecule has 3 N–H and O–H groups in total. The smallest absolute Gasteiger partial charge is 0.352 e. The summed E-state index contributed by atoms with van der Waals surface area (Å²) in [7, 11) is 0. The highest BCUT2D eigenvalue weighted by Crippen LogP contribution is 2.19. The number of nitrogens with two attached hydrogens (primary N) is 1. The van der Waals surface area contributed by atoms with Crippen LogP contribution in [0.1, 0.15) is 18.1 Å². The maximum Gasteiger partial charge on any atom is 0.352 e. The molecule has 0 radical (unpaired) electrons. The minimum atomic E-state index is -0.830. The molecule has 24 heavy (non-hydrogen) atoms. The Balaban J connectivity index is 2.33. The van der Waals surface area contributed by atoms with E-state index in [4.69, 9.17) is 10.5 Å². The lowest BCUT2D eigenvalue weighted by atomic mass is 10.0. The molecule has 0 bridgehead atoms. The summed E-state index contributed by atoms with van der Waals surface area (Å²) >= 11 is 0. The fourth-order valence-electron chi connectivity index (χ4n) is 2.71. The number of carbonyl (C=O) groups excluding carboxylic acids is 2. The van der Waals surface area contributed by atoms with Gasteiger partial charge in [-0.05, 0) is 30.9 Å². The maximum atomic E-state index is 12.0. The summed E-state index contributed by atoms with van der Waals surface area (Å²) in [6.45, 7) is 2.89. The molecule has 2 amide bonds. The van der Waals surface area contributed by atoms with Crippen LogP contribution in [0.4, 0.5) is 4.79 Å². The number of ether oxygens (including phenoxy) is 1. The van der Waals surface area contributed by atoms with E-state index in [2.05, 4.69) is 17.4 Å². The van der Waals surface area contributed by atoms with Crippen molar-refractivity contribution in [2.45, 2.75) is 19.8 Å². The van der Waals surface area contributed by atoms with Gasteiger partial charge < -0.3 is 15.4 Å². The highest BCUT2D eigenvalue weighted by Gasteiger charge is 2.24. The molecule has 1 aromatic rings. The molecule has 0 aliphatic carbocycles. The van der Waals surface area contributed by atoms with Crippen LogP contribution in [0, 0.1) is 11.3 Å². The fourth-order valence-corrected chi connectivity index (χ4v) is 2.71. The van der Waals surface area contributed by atoms with Crippen molar-refractivity contribution in [1.29, 1.82) is 5.26 Å². The third kappa shape index (κ3) is 4.04. The molecular formula is C17H20N4O3. The summed E-state index contributed by atoms with van der Waals surface area (Å²) in [4.78, 5) is 25.2. The maximum absolute atomic E-state index is 12.0. The van der Waals surface area contributed by atoms with Crippen molar-refractivity contribution in [2.75, 3.05) is 19.7 Å². The first-order valence-electron chi connectivity index (χ1n) is 7.76. The lowest BCUT2D eigenvalue weighted by molar-refractivity contribution is -0.138. The quantitative estimate of drug-likeness (QED) is 0.488. The number of nitrogens with zero attached hydrogens (tertiary/aromatic N) is 2. The van der Waals surface area contributed by atoms with E-state index in [1.165, 1.54) is 11.1 Å². The van der Waals surface area contributed by atoms with E-state index >= 15 is 0 Å². The van der Waals surface area contributed by atoms with Crippen LogP contribution in [-0.4, -0.2) is 36.6 Å². The number of fused-ring (bicyclic) bond motifs is 1. The number of benzene rings is 1. The first-order chi connectivity index (χ1) is 11.6. The van der Waals surface area contributed by atoms with Crippen LogP contribution in [0.2, 0.25) is 0 Å². The highest BCUT2D eigenvalue weighted by atomic mass is 16.5. The van der Waals surface area contributed by atoms with Crippen molar-refractivity contribution in [1.82, 2.24) is 10.2 Å². The number of amides is 2. The average molecular weight is 328 g/mol. The molecule has 1 heterocycles. The number of urea groups is 1. The van der Waals surface area contributed by atoms with E-state index in [1.54, 1.807) is 11.8 Å². The van der Waals surface area contributed by atoms with Crippen LogP contribution < -0.4 is 11.1 Å². The van der Waals surface area contributed by atoms with Crippen molar-refractivity contribution >= 4 is 12.0 Å². The highest BCUT2D eigenvalue weighted by molar-refractivity contribution is 5.94. The van der Waals surface area contributed by atoms with Gasteiger partial charge in [0.15, 0.2) is 5.57 Å². The average Bonchev–Trinajstić information content (AvgIpc) is 2.77. The number of nitrogens with one attached hydrogen (secondary N) is 1. The van der Waals surface area contributed by atoms with Gasteiger partial charge in [0.25, 0.3) is 0 Å². The first-order valence-corrected chi connectivity index (χ1v) is 7.76. The summed E-state index contributed by atoms with van der Waals surface area (Å²) < 4.78 is 4.90. The summed E-state index contributed by atoms with van der Waals surface area (Å²) in [5, 5.41) is 11.8. The van der Waals surface area contributed by atoms with Crippen molar-refractivity contribution < 1.29 is 14.3 Å². The molecule has 1 aliphatic rings. The van der Waals surface area contributed by atoms with Gasteiger partial charge in [-0.15, -0.1) is 0 Å². The molecule has 7 heteroatoms. The molecule has 1 aliphatic heterocycles. The fraction of sp³-hybridized carbons (Fsp3) is 0.353. The molecule has 1 aromatic carbocycles. The van der Waals surface area contributed by atoms with Gasteiger partial charge in [-0.1, -0.05) is 24.3 Å². The second-order valence-electron chi connectivity index (χ2n) is 5.30. The predicted octanol–water partition coefficient (Wildman–Crippen LogP) is 1.05. The van der Waals surface area contributed by atoms with Gasteiger partial charge in [0.05, 0.1) is 6.61 Å². The summed E-state index contributed by atoms with van der Waals surface area (Å²) in [5.41, 5.74) is 7.40. The molecular weight excluding hydrogens is 308 g/mol. The third-order valence-corrected chi connectivity index (χ3v) is 3.81. The van der Waals surface area contributed by atoms with Gasteiger partial charge in [-0.25, -0.2) is 9.59 Å². The van der Waals surface area contributed by atoms with E-state index in [9.17, 15) is 14.9 Å². The van der Waals surface area contributed by atoms with E-state index in [1.807, 2.05) is 18.2 Å². The zero-order chi connectivity index (χ0) is 17.5. The van der Waals surface area contributed by atoms with Crippen molar-refractivity contribution in [2.24, 2.45) is 5.73 Å². The number of carbonyl (C=O) groups is 2. The molecule has 126 valence electrons. The lowest BCUT2D eigenvalue weighted by Crippen LogP contribution is -2.41. The Morgan fingerprint density at radius 1 is 1.29 bits per heavy atom. The Hall–Kier alpha value is -3.01. The Labute approximate surface area is 140 Å². The van der Waals surface area contributed by atoms with Crippen molar-refractivity contribution in [3.63, 3.8) is 0 Å². The number of rotatable bonds is 4. The van der Waals surface area contributed by atoms with Gasteiger partial charge in [-0.3, -0.25) is 5.32 Å². The number of primary amides is 1. The SMILES string of the molecule is CCOC(=O)/C(C#N)=C(/NC(N)=O)N1CCc2ccccc2CC1. The molecule has 0 fully saturated rings. The van der Waals surface area contributed by atoms with E-state index in [0.717, 1.165) is 12.8 Å². The normalized spacial score (nSPS) is 14.6. The number of hydrogen-bond acceptors (Lipinski definition) is 5. The van der Waals surface area contributed by atoms with Crippen LogP contribution >= 0.6 is 0 Å². The molecule has 0 unspecified atom stereocenters. The second-order valence-corrected chi connectivity index (χ2v) is 5.30. The monoisotopic (exact) mass is 328 g/mol. The van der Waals surface area contributed by atoms with Gasteiger partial charge in [0.1, 0.15) is 11.9 Å². The Kier molecular flexibility index (Phi) is 5.79. The van der Waals surface area contributed by atoms with Crippen LogP contribution in [0.3, 0.4) is 0 Å². The standard InChI is InChI=1S/C17H20N4O3/c1-2-24-16(22)14(11-18)15(20-17(19)23)21-9-7-12-5-3-4-6-13(12)8-10-21/h3-6H,2,7-10H2,1H3,(H3,19,20,23)/b15-14-. The summed E-state index contributed by atoms with van der Waals surface area (Å²) in [6.07, 6.45) is 1.48. The zero-order valence-corrected chi connectivity index (χ0v) is 13.5. The summed E-state index contributed by atoms with van der Waals surface area (Å²) in [5.74, 6) is -0.665. The van der Waals surface area contributed by atoms with Gasteiger partial charge in [-0.2, -0.15) is 5.26 Å². The van der Waals surface area contributed by atoms with Crippen LogP contribution in [0.25, 0.3) is 0 Å². The van der Waals surface area contributed by atoms with Crippen LogP contribution in [-0.2, 0) is 22.4 Å². The molecule has 0 saturated carbocycles. The topological polar surface area (TPSA) is 108 Å². The second kappa shape index (κ2) is 8.02. The number of esters is 1. The minimum absolute atomic E-state index is 0.108. The lowest BCUT2D eigenvalue weighted by Gasteiger charge is -2.26. The Morgan fingerprint density at radius 2 is 1.88 bits per heavy atom. The Morgan fingerprint density at radius 3 is 2.33 bits per heavy atom.